The minimum Gasteiger partial charge on any atom is -0.381 e. The highest BCUT2D eigenvalue weighted by atomic mass is 79.9. The molecule has 0 radical (unpaired) electrons. The van der Waals surface area contributed by atoms with E-state index in [2.05, 4.69) is 73.2 Å². The zero-order chi connectivity index (χ0) is 15.0. The largest absolute Gasteiger partial charge is 0.381 e. The third kappa shape index (κ3) is 7.41. The van der Waals surface area contributed by atoms with Gasteiger partial charge in [0.05, 0.1) is 0 Å². The standard InChI is InChI=1S/C17H28BrNO/c1-13(2)12-20-9-8-16(11-19-14(3)4)15-6-5-7-17(18)10-15/h5-7,10,13-14,16,19H,8-9,11-12H2,1-4H3. The molecule has 0 saturated carbocycles. The van der Waals surface area contributed by atoms with Crippen molar-refractivity contribution in [2.24, 2.45) is 5.92 Å². The summed E-state index contributed by atoms with van der Waals surface area (Å²) < 4.78 is 6.89. The zero-order valence-corrected chi connectivity index (χ0v) is 14.7. The summed E-state index contributed by atoms with van der Waals surface area (Å²) in [5.41, 5.74) is 1.38. The van der Waals surface area contributed by atoms with Gasteiger partial charge in [-0.05, 0) is 36.0 Å². The Labute approximate surface area is 132 Å². The van der Waals surface area contributed by atoms with E-state index in [1.165, 1.54) is 5.56 Å². The highest BCUT2D eigenvalue weighted by molar-refractivity contribution is 9.10. The van der Waals surface area contributed by atoms with Gasteiger partial charge in [-0.25, -0.2) is 0 Å². The molecule has 20 heavy (non-hydrogen) atoms. The molecule has 1 unspecified atom stereocenters. The van der Waals surface area contributed by atoms with Crippen molar-refractivity contribution < 1.29 is 4.74 Å². The molecule has 3 heteroatoms. The molecule has 0 aliphatic heterocycles. The van der Waals surface area contributed by atoms with Gasteiger partial charge < -0.3 is 10.1 Å². The summed E-state index contributed by atoms with van der Waals surface area (Å²) in [7, 11) is 0. The van der Waals surface area contributed by atoms with E-state index >= 15 is 0 Å². The van der Waals surface area contributed by atoms with Crippen LogP contribution in [-0.4, -0.2) is 25.8 Å². The number of rotatable bonds is 9. The molecule has 0 amide bonds. The molecule has 114 valence electrons. The van der Waals surface area contributed by atoms with Gasteiger partial charge in [0, 0.05) is 30.3 Å². The van der Waals surface area contributed by atoms with E-state index < -0.39 is 0 Å². The summed E-state index contributed by atoms with van der Waals surface area (Å²) in [6.45, 7) is 11.4. The van der Waals surface area contributed by atoms with E-state index in [9.17, 15) is 0 Å². The van der Waals surface area contributed by atoms with Gasteiger partial charge in [-0.1, -0.05) is 55.8 Å². The Kier molecular flexibility index (Phi) is 8.43. The molecule has 0 fully saturated rings. The predicted molar refractivity (Wildman–Crippen MR) is 90.3 cm³/mol. The molecule has 1 aromatic carbocycles. The average molecular weight is 342 g/mol. The second-order valence-electron chi connectivity index (χ2n) is 6.07. The van der Waals surface area contributed by atoms with Crippen molar-refractivity contribution in [2.45, 2.75) is 46.1 Å². The third-order valence-corrected chi connectivity index (χ3v) is 3.65. The SMILES string of the molecule is CC(C)COCCC(CNC(C)C)c1cccc(Br)c1. The number of ether oxygens (including phenoxy) is 1. The van der Waals surface area contributed by atoms with Crippen LogP contribution >= 0.6 is 15.9 Å². The first kappa shape index (κ1) is 17.7. The van der Waals surface area contributed by atoms with Crippen molar-refractivity contribution in [1.82, 2.24) is 5.32 Å². The smallest absolute Gasteiger partial charge is 0.0488 e. The van der Waals surface area contributed by atoms with E-state index in [1.807, 2.05) is 0 Å². The quantitative estimate of drug-likeness (QED) is 0.663. The van der Waals surface area contributed by atoms with Crippen LogP contribution in [0, 0.1) is 5.92 Å². The minimum absolute atomic E-state index is 0.502. The van der Waals surface area contributed by atoms with Crippen LogP contribution in [0.25, 0.3) is 0 Å². The third-order valence-electron chi connectivity index (χ3n) is 3.15. The van der Waals surface area contributed by atoms with Gasteiger partial charge in [-0.3, -0.25) is 0 Å². The number of benzene rings is 1. The predicted octanol–water partition coefficient (Wildman–Crippen LogP) is 4.59. The molecule has 1 rings (SSSR count). The van der Waals surface area contributed by atoms with E-state index in [-0.39, 0.29) is 0 Å². The van der Waals surface area contributed by atoms with Crippen LogP contribution in [0.3, 0.4) is 0 Å². The summed E-state index contributed by atoms with van der Waals surface area (Å²) in [5, 5.41) is 3.54. The van der Waals surface area contributed by atoms with Crippen LogP contribution in [0.1, 0.15) is 45.6 Å². The molecule has 0 heterocycles. The van der Waals surface area contributed by atoms with Crippen molar-refractivity contribution in [3.05, 3.63) is 34.3 Å². The molecule has 0 saturated heterocycles. The van der Waals surface area contributed by atoms with Crippen molar-refractivity contribution in [2.75, 3.05) is 19.8 Å². The number of hydrogen-bond donors (Lipinski definition) is 1. The fourth-order valence-corrected chi connectivity index (χ4v) is 2.49. The molecule has 0 aliphatic rings. The molecule has 1 atom stereocenters. The van der Waals surface area contributed by atoms with Crippen molar-refractivity contribution in [3.8, 4) is 0 Å². The molecule has 0 aromatic heterocycles. The lowest BCUT2D eigenvalue weighted by atomic mass is 9.96. The molecule has 0 bridgehead atoms. The lowest BCUT2D eigenvalue weighted by Gasteiger charge is -2.20. The molecule has 1 aromatic rings. The average Bonchev–Trinajstić information content (AvgIpc) is 2.37. The number of halogens is 1. The van der Waals surface area contributed by atoms with Gasteiger partial charge in [0.25, 0.3) is 0 Å². The van der Waals surface area contributed by atoms with E-state index in [4.69, 9.17) is 4.74 Å². The Balaban J connectivity index is 2.55. The fourth-order valence-electron chi connectivity index (χ4n) is 2.07. The van der Waals surface area contributed by atoms with Crippen LogP contribution in [0.4, 0.5) is 0 Å². The van der Waals surface area contributed by atoms with E-state index in [0.29, 0.717) is 17.9 Å². The molecular formula is C17H28BrNO. The summed E-state index contributed by atoms with van der Waals surface area (Å²) >= 11 is 3.56. The molecule has 2 nitrogen and oxygen atoms in total. The maximum atomic E-state index is 5.74. The summed E-state index contributed by atoms with van der Waals surface area (Å²) in [6, 6.07) is 9.12. The van der Waals surface area contributed by atoms with Crippen LogP contribution in [-0.2, 0) is 4.74 Å². The molecule has 1 N–H and O–H groups in total. The normalized spacial score (nSPS) is 13.2. The maximum absolute atomic E-state index is 5.74. The van der Waals surface area contributed by atoms with Gasteiger partial charge in [0.1, 0.15) is 0 Å². The van der Waals surface area contributed by atoms with Crippen LogP contribution in [0.2, 0.25) is 0 Å². The van der Waals surface area contributed by atoms with Gasteiger partial charge in [0.2, 0.25) is 0 Å². The lowest BCUT2D eigenvalue weighted by Crippen LogP contribution is -2.28. The van der Waals surface area contributed by atoms with Crippen molar-refractivity contribution in [1.29, 1.82) is 0 Å². The molecular weight excluding hydrogens is 314 g/mol. The number of hydrogen-bond acceptors (Lipinski definition) is 2. The first-order chi connectivity index (χ1) is 9.49. The maximum Gasteiger partial charge on any atom is 0.0488 e. The Morgan fingerprint density at radius 2 is 1.95 bits per heavy atom. The van der Waals surface area contributed by atoms with Crippen LogP contribution < -0.4 is 5.32 Å². The Hall–Kier alpha value is -0.380. The first-order valence-electron chi connectivity index (χ1n) is 7.55. The molecule has 0 aliphatic carbocycles. The van der Waals surface area contributed by atoms with Gasteiger partial charge in [-0.2, -0.15) is 0 Å². The highest BCUT2D eigenvalue weighted by Crippen LogP contribution is 2.22. The summed E-state index contributed by atoms with van der Waals surface area (Å²) in [6.07, 6.45) is 1.06. The van der Waals surface area contributed by atoms with Crippen molar-refractivity contribution in [3.63, 3.8) is 0 Å². The van der Waals surface area contributed by atoms with Crippen LogP contribution in [0.15, 0.2) is 28.7 Å². The highest BCUT2D eigenvalue weighted by Gasteiger charge is 2.12. The Morgan fingerprint density at radius 3 is 2.55 bits per heavy atom. The molecule has 0 spiro atoms. The zero-order valence-electron chi connectivity index (χ0n) is 13.2. The van der Waals surface area contributed by atoms with Crippen LogP contribution in [0.5, 0.6) is 0 Å². The van der Waals surface area contributed by atoms with Gasteiger partial charge in [-0.15, -0.1) is 0 Å². The van der Waals surface area contributed by atoms with E-state index in [1.54, 1.807) is 0 Å². The second kappa shape index (κ2) is 9.54. The Bertz CT molecular complexity index is 379. The first-order valence-corrected chi connectivity index (χ1v) is 8.35. The lowest BCUT2D eigenvalue weighted by molar-refractivity contribution is 0.103. The number of nitrogens with one attached hydrogen (secondary N) is 1. The van der Waals surface area contributed by atoms with Gasteiger partial charge in [0.15, 0.2) is 0 Å². The fraction of sp³-hybridized carbons (Fsp3) is 0.647. The van der Waals surface area contributed by atoms with Gasteiger partial charge >= 0.3 is 0 Å². The second-order valence-corrected chi connectivity index (χ2v) is 6.99. The Morgan fingerprint density at radius 1 is 1.20 bits per heavy atom. The monoisotopic (exact) mass is 341 g/mol. The summed E-state index contributed by atoms with van der Waals surface area (Å²) in [5.74, 6) is 1.11. The summed E-state index contributed by atoms with van der Waals surface area (Å²) in [4.78, 5) is 0. The van der Waals surface area contributed by atoms with Crippen molar-refractivity contribution >= 4 is 15.9 Å². The minimum atomic E-state index is 0.502. The topological polar surface area (TPSA) is 21.3 Å². The van der Waals surface area contributed by atoms with E-state index in [0.717, 1.165) is 30.7 Å².